The average Bonchev–Trinajstić information content (AvgIpc) is 3.31. The minimum absolute atomic E-state index is 0.0498. The van der Waals surface area contributed by atoms with Crippen molar-refractivity contribution in [2.75, 3.05) is 13.1 Å². The number of thiophene rings is 1. The minimum atomic E-state index is -0.0498. The quantitative estimate of drug-likeness (QED) is 0.673. The zero-order valence-corrected chi connectivity index (χ0v) is 15.4. The Bertz CT molecular complexity index is 998. The lowest BCUT2D eigenvalue weighted by Crippen LogP contribution is -2.28. The Labute approximate surface area is 149 Å². The number of carbonyl (C=O) groups excluding carboxylic acids is 1. The highest BCUT2D eigenvalue weighted by atomic mass is 32.1. The monoisotopic (exact) mass is 355 g/mol. The van der Waals surface area contributed by atoms with Gasteiger partial charge in [-0.1, -0.05) is 6.92 Å². The summed E-state index contributed by atoms with van der Waals surface area (Å²) in [5, 5.41) is 5.63. The van der Waals surface area contributed by atoms with Crippen LogP contribution in [0.5, 0.6) is 0 Å². The number of hydrogen-bond acceptors (Lipinski definition) is 5. The molecule has 7 heteroatoms. The molecule has 0 unspecified atom stereocenters. The molecule has 0 radical (unpaired) electrons. The normalized spacial score (nSPS) is 20.6. The second kappa shape index (κ2) is 5.49. The van der Waals surface area contributed by atoms with Crippen LogP contribution < -0.4 is 0 Å². The standard InChI is InChI=1S/C18H21N5OS/c1-10-5-6-13-12(9-10)14-16-20-15(18(24)22-7-3-4-8-22)21-23(16)11(2)19-17(14)25-13/h10H,3-9H2,1-2H3/t10-/m1/s1. The van der Waals surface area contributed by atoms with Crippen molar-refractivity contribution in [2.24, 2.45) is 5.92 Å². The van der Waals surface area contributed by atoms with E-state index in [1.165, 1.54) is 16.9 Å². The number of nitrogens with zero attached hydrogens (tertiary/aromatic N) is 5. The molecule has 1 amide bonds. The van der Waals surface area contributed by atoms with Crippen molar-refractivity contribution >= 4 is 33.1 Å². The van der Waals surface area contributed by atoms with Crippen LogP contribution in [0.25, 0.3) is 15.9 Å². The average molecular weight is 355 g/mol. The zero-order valence-electron chi connectivity index (χ0n) is 14.6. The fourth-order valence-electron chi connectivity index (χ4n) is 4.10. The van der Waals surface area contributed by atoms with Crippen molar-refractivity contribution in [3.8, 4) is 0 Å². The van der Waals surface area contributed by atoms with Crippen LogP contribution >= 0.6 is 11.3 Å². The van der Waals surface area contributed by atoms with Gasteiger partial charge in [0, 0.05) is 18.0 Å². The van der Waals surface area contributed by atoms with Crippen LogP contribution in [0.2, 0.25) is 0 Å². The molecule has 6 nitrogen and oxygen atoms in total. The van der Waals surface area contributed by atoms with Crippen LogP contribution in [0.4, 0.5) is 0 Å². The number of likely N-dealkylation sites (tertiary alicyclic amines) is 1. The summed E-state index contributed by atoms with van der Waals surface area (Å²) in [5.41, 5.74) is 2.18. The summed E-state index contributed by atoms with van der Waals surface area (Å²) >= 11 is 1.79. The van der Waals surface area contributed by atoms with Crippen molar-refractivity contribution in [3.05, 3.63) is 22.1 Å². The Morgan fingerprint density at radius 2 is 2.04 bits per heavy atom. The third kappa shape index (κ3) is 2.28. The number of aryl methyl sites for hydroxylation is 2. The third-order valence-corrected chi connectivity index (χ3v) is 6.66. The molecule has 0 aromatic carbocycles. The van der Waals surface area contributed by atoms with Crippen LogP contribution in [0.15, 0.2) is 0 Å². The highest BCUT2D eigenvalue weighted by Gasteiger charge is 2.27. The highest BCUT2D eigenvalue weighted by Crippen LogP contribution is 2.39. The first kappa shape index (κ1) is 15.3. The summed E-state index contributed by atoms with van der Waals surface area (Å²) in [5.74, 6) is 1.73. The van der Waals surface area contributed by atoms with E-state index in [2.05, 4.69) is 17.0 Å². The first-order valence-corrected chi connectivity index (χ1v) is 9.90. The van der Waals surface area contributed by atoms with E-state index in [0.29, 0.717) is 11.7 Å². The van der Waals surface area contributed by atoms with Crippen molar-refractivity contribution in [1.82, 2.24) is 24.5 Å². The van der Waals surface area contributed by atoms with Gasteiger partial charge < -0.3 is 4.90 Å². The van der Waals surface area contributed by atoms with E-state index in [-0.39, 0.29) is 5.91 Å². The van der Waals surface area contributed by atoms with Gasteiger partial charge in [0.2, 0.25) is 5.82 Å². The van der Waals surface area contributed by atoms with Gasteiger partial charge in [-0.3, -0.25) is 4.79 Å². The number of amides is 1. The Balaban J connectivity index is 1.71. The largest absolute Gasteiger partial charge is 0.336 e. The van der Waals surface area contributed by atoms with Gasteiger partial charge in [-0.15, -0.1) is 16.4 Å². The molecule has 1 aliphatic carbocycles. The van der Waals surface area contributed by atoms with Crippen molar-refractivity contribution < 1.29 is 4.79 Å². The van der Waals surface area contributed by atoms with Gasteiger partial charge in [0.25, 0.3) is 5.91 Å². The molecule has 4 heterocycles. The molecule has 3 aromatic rings. The molecule has 0 saturated carbocycles. The van der Waals surface area contributed by atoms with Gasteiger partial charge in [-0.25, -0.2) is 9.97 Å². The summed E-state index contributed by atoms with van der Waals surface area (Å²) in [4.78, 5) is 26.5. The molecular weight excluding hydrogens is 334 g/mol. The van der Waals surface area contributed by atoms with Crippen molar-refractivity contribution in [1.29, 1.82) is 0 Å². The van der Waals surface area contributed by atoms with Crippen molar-refractivity contribution in [3.63, 3.8) is 0 Å². The Hall–Kier alpha value is -2.02. The number of aromatic nitrogens is 4. The molecule has 1 fully saturated rings. The lowest BCUT2D eigenvalue weighted by atomic mass is 9.89. The number of rotatable bonds is 1. The van der Waals surface area contributed by atoms with Gasteiger partial charge in [0.1, 0.15) is 10.7 Å². The van der Waals surface area contributed by atoms with Gasteiger partial charge >= 0.3 is 0 Å². The molecule has 0 N–H and O–H groups in total. The van der Waals surface area contributed by atoms with Crippen LogP contribution in [-0.2, 0) is 12.8 Å². The van der Waals surface area contributed by atoms with Gasteiger partial charge in [0.15, 0.2) is 5.65 Å². The summed E-state index contributed by atoms with van der Waals surface area (Å²) in [6.45, 7) is 5.86. The smallest absolute Gasteiger partial charge is 0.293 e. The van der Waals surface area contributed by atoms with E-state index in [4.69, 9.17) is 4.98 Å². The summed E-state index contributed by atoms with van der Waals surface area (Å²) in [7, 11) is 0. The minimum Gasteiger partial charge on any atom is -0.336 e. The molecule has 1 aliphatic heterocycles. The van der Waals surface area contributed by atoms with Crippen molar-refractivity contribution in [2.45, 2.75) is 46.0 Å². The molecule has 1 saturated heterocycles. The molecule has 0 spiro atoms. The summed E-state index contributed by atoms with van der Waals surface area (Å²) in [6, 6.07) is 0. The SMILES string of the molecule is Cc1nc2sc3c(c2c2nc(C(=O)N4CCCC4)nn12)C[C@H](C)CC3. The second-order valence-corrected chi connectivity index (χ2v) is 8.44. The highest BCUT2D eigenvalue weighted by molar-refractivity contribution is 7.19. The van der Waals surface area contributed by atoms with E-state index in [0.717, 1.165) is 60.5 Å². The molecule has 25 heavy (non-hydrogen) atoms. The molecule has 5 rings (SSSR count). The maximum absolute atomic E-state index is 12.7. The number of hydrogen-bond donors (Lipinski definition) is 0. The number of carbonyl (C=O) groups is 1. The Kier molecular flexibility index (Phi) is 3.35. The molecule has 130 valence electrons. The zero-order chi connectivity index (χ0) is 17.1. The van der Waals surface area contributed by atoms with E-state index in [1.54, 1.807) is 15.9 Å². The predicted molar refractivity (Wildman–Crippen MR) is 97.2 cm³/mol. The summed E-state index contributed by atoms with van der Waals surface area (Å²) < 4.78 is 1.76. The van der Waals surface area contributed by atoms with Crippen LogP contribution in [-0.4, -0.2) is 43.5 Å². The third-order valence-electron chi connectivity index (χ3n) is 5.47. The second-order valence-electron chi connectivity index (χ2n) is 7.36. The molecular formula is C18H21N5OS. The molecule has 3 aromatic heterocycles. The maximum Gasteiger partial charge on any atom is 0.293 e. The van der Waals surface area contributed by atoms with Crippen LogP contribution in [0.1, 0.15) is 53.1 Å². The maximum atomic E-state index is 12.7. The van der Waals surface area contributed by atoms with Crippen LogP contribution in [0, 0.1) is 12.8 Å². The topological polar surface area (TPSA) is 63.4 Å². The molecule has 1 atom stereocenters. The van der Waals surface area contributed by atoms with Crippen LogP contribution in [0.3, 0.4) is 0 Å². The first-order valence-electron chi connectivity index (χ1n) is 9.08. The first-order chi connectivity index (χ1) is 12.1. The lowest BCUT2D eigenvalue weighted by molar-refractivity contribution is 0.0781. The van der Waals surface area contributed by atoms with E-state index in [1.807, 2.05) is 11.8 Å². The predicted octanol–water partition coefficient (Wildman–Crippen LogP) is 3.01. The molecule has 2 aliphatic rings. The fraction of sp³-hybridized carbons (Fsp3) is 0.556. The van der Waals surface area contributed by atoms with E-state index >= 15 is 0 Å². The Morgan fingerprint density at radius 3 is 2.84 bits per heavy atom. The van der Waals surface area contributed by atoms with Gasteiger partial charge in [0.05, 0.1) is 5.39 Å². The number of fused-ring (bicyclic) bond motifs is 5. The van der Waals surface area contributed by atoms with Gasteiger partial charge in [-0.05, 0) is 50.5 Å². The van der Waals surface area contributed by atoms with Gasteiger partial charge in [-0.2, -0.15) is 4.52 Å². The van der Waals surface area contributed by atoms with E-state index < -0.39 is 0 Å². The molecule has 0 bridgehead atoms. The fourth-order valence-corrected chi connectivity index (χ4v) is 5.36. The lowest BCUT2D eigenvalue weighted by Gasteiger charge is -2.17. The Morgan fingerprint density at radius 1 is 1.24 bits per heavy atom. The van der Waals surface area contributed by atoms with E-state index in [9.17, 15) is 4.79 Å². The summed E-state index contributed by atoms with van der Waals surface area (Å²) in [6.07, 6.45) is 5.56.